The molecule has 0 aromatic heterocycles. The predicted molar refractivity (Wildman–Crippen MR) is 96.0 cm³/mol. The van der Waals surface area contributed by atoms with Gasteiger partial charge in [0.25, 0.3) is 0 Å². The zero-order valence-corrected chi connectivity index (χ0v) is 15.2. The number of carbonyl (C=O) groups is 2. The molecule has 1 N–H and O–H groups in total. The van der Waals surface area contributed by atoms with Crippen LogP contribution in [0.25, 0.3) is 0 Å². The van der Waals surface area contributed by atoms with E-state index in [2.05, 4.69) is 43.4 Å². The molecule has 1 fully saturated rings. The largest absolute Gasteiger partial charge is 0.343 e. The molecule has 1 aromatic carbocycles. The van der Waals surface area contributed by atoms with Gasteiger partial charge in [-0.2, -0.15) is 0 Å². The molecule has 2 rings (SSSR count). The van der Waals surface area contributed by atoms with E-state index in [0.717, 1.165) is 19.5 Å². The van der Waals surface area contributed by atoms with Gasteiger partial charge in [-0.1, -0.05) is 36.8 Å². The van der Waals surface area contributed by atoms with Gasteiger partial charge >= 0.3 is 6.03 Å². The van der Waals surface area contributed by atoms with Crippen molar-refractivity contribution in [3.05, 3.63) is 35.4 Å². The minimum Gasteiger partial charge on any atom is -0.343 e. The number of amides is 3. The Hall–Kier alpha value is -2.04. The molecule has 0 radical (unpaired) electrons. The molecule has 5 nitrogen and oxygen atoms in total. The molecule has 0 saturated carbocycles. The summed E-state index contributed by atoms with van der Waals surface area (Å²) in [6.07, 6.45) is 0.969. The summed E-state index contributed by atoms with van der Waals surface area (Å²) in [5.41, 5.74) is 2.48. The highest BCUT2D eigenvalue weighted by Crippen LogP contribution is 2.18. The van der Waals surface area contributed by atoms with Crippen molar-refractivity contribution in [1.29, 1.82) is 0 Å². The zero-order chi connectivity index (χ0) is 17.7. The summed E-state index contributed by atoms with van der Waals surface area (Å²) in [5.74, 6) is 0.775. The molecule has 24 heavy (non-hydrogen) atoms. The molecule has 0 aliphatic carbocycles. The van der Waals surface area contributed by atoms with Crippen molar-refractivity contribution in [2.45, 2.75) is 33.1 Å². The summed E-state index contributed by atoms with van der Waals surface area (Å²) in [5, 5.41) is 3.01. The van der Waals surface area contributed by atoms with Gasteiger partial charge < -0.3 is 15.1 Å². The number of urea groups is 1. The SMILES string of the molecule is CC(=O)N1CC[C@@H](CN(C)C(=O)NC[C@H](C)c2cccc(C)c2)C1. The molecule has 1 saturated heterocycles. The fourth-order valence-electron chi connectivity index (χ4n) is 3.21. The molecule has 1 heterocycles. The first-order chi connectivity index (χ1) is 11.4. The summed E-state index contributed by atoms with van der Waals surface area (Å²) in [7, 11) is 1.82. The number of rotatable bonds is 5. The summed E-state index contributed by atoms with van der Waals surface area (Å²) in [6, 6.07) is 8.35. The molecular formula is C19H29N3O2. The first kappa shape index (κ1) is 18.3. The summed E-state index contributed by atoms with van der Waals surface area (Å²) in [6.45, 7) is 8.68. The molecule has 0 spiro atoms. The second kappa shape index (κ2) is 8.18. The number of hydrogen-bond acceptors (Lipinski definition) is 2. The van der Waals surface area contributed by atoms with Crippen molar-refractivity contribution in [3.63, 3.8) is 0 Å². The van der Waals surface area contributed by atoms with Gasteiger partial charge in [-0.05, 0) is 30.7 Å². The fraction of sp³-hybridized carbons (Fsp3) is 0.579. The van der Waals surface area contributed by atoms with Gasteiger partial charge in [-0.3, -0.25) is 4.79 Å². The molecule has 1 aliphatic heterocycles. The maximum absolute atomic E-state index is 12.3. The van der Waals surface area contributed by atoms with E-state index < -0.39 is 0 Å². The van der Waals surface area contributed by atoms with E-state index in [1.165, 1.54) is 11.1 Å². The van der Waals surface area contributed by atoms with Crippen LogP contribution < -0.4 is 5.32 Å². The highest BCUT2D eigenvalue weighted by molar-refractivity contribution is 5.74. The van der Waals surface area contributed by atoms with E-state index in [-0.39, 0.29) is 17.9 Å². The van der Waals surface area contributed by atoms with Gasteiger partial charge in [0, 0.05) is 40.2 Å². The third-order valence-corrected chi connectivity index (χ3v) is 4.78. The van der Waals surface area contributed by atoms with Crippen LogP contribution in [0.1, 0.15) is 37.3 Å². The van der Waals surface area contributed by atoms with Crippen molar-refractivity contribution in [2.24, 2.45) is 5.92 Å². The second-order valence-electron chi connectivity index (χ2n) is 7.00. The Morgan fingerprint density at radius 3 is 2.79 bits per heavy atom. The number of aryl methyl sites for hydroxylation is 1. The fourth-order valence-corrected chi connectivity index (χ4v) is 3.21. The number of nitrogens with zero attached hydrogens (tertiary/aromatic N) is 2. The van der Waals surface area contributed by atoms with E-state index in [1.54, 1.807) is 11.8 Å². The Labute approximate surface area is 145 Å². The van der Waals surface area contributed by atoms with Crippen LogP contribution in [0.5, 0.6) is 0 Å². The Kier molecular flexibility index (Phi) is 6.23. The molecule has 2 atom stereocenters. The highest BCUT2D eigenvalue weighted by atomic mass is 16.2. The quantitative estimate of drug-likeness (QED) is 0.902. The smallest absolute Gasteiger partial charge is 0.317 e. The van der Waals surface area contributed by atoms with E-state index >= 15 is 0 Å². The van der Waals surface area contributed by atoms with E-state index in [9.17, 15) is 9.59 Å². The minimum absolute atomic E-state index is 0.0456. The van der Waals surface area contributed by atoms with Gasteiger partial charge in [0.15, 0.2) is 0 Å². The van der Waals surface area contributed by atoms with Crippen molar-refractivity contribution in [2.75, 3.05) is 33.2 Å². The highest BCUT2D eigenvalue weighted by Gasteiger charge is 2.26. The first-order valence-electron chi connectivity index (χ1n) is 8.68. The number of nitrogens with one attached hydrogen (secondary N) is 1. The van der Waals surface area contributed by atoms with Gasteiger partial charge in [-0.15, -0.1) is 0 Å². The van der Waals surface area contributed by atoms with Crippen LogP contribution in [-0.4, -0.2) is 55.0 Å². The number of benzene rings is 1. The Morgan fingerprint density at radius 1 is 1.42 bits per heavy atom. The number of carbonyl (C=O) groups excluding carboxylic acids is 2. The lowest BCUT2D eigenvalue weighted by molar-refractivity contribution is -0.127. The lowest BCUT2D eigenvalue weighted by Crippen LogP contribution is -2.41. The Morgan fingerprint density at radius 2 is 2.17 bits per heavy atom. The molecule has 5 heteroatoms. The van der Waals surface area contributed by atoms with Crippen LogP contribution in [0.3, 0.4) is 0 Å². The van der Waals surface area contributed by atoms with Crippen LogP contribution in [0.15, 0.2) is 24.3 Å². The Balaban J connectivity index is 1.76. The normalized spacial score (nSPS) is 18.3. The molecule has 1 aromatic rings. The third kappa shape index (κ3) is 4.98. The van der Waals surface area contributed by atoms with Crippen LogP contribution in [-0.2, 0) is 4.79 Å². The van der Waals surface area contributed by atoms with Crippen LogP contribution in [0.4, 0.5) is 4.79 Å². The average Bonchev–Trinajstić information content (AvgIpc) is 3.01. The van der Waals surface area contributed by atoms with Crippen molar-refractivity contribution < 1.29 is 9.59 Å². The Bertz CT molecular complexity index is 588. The van der Waals surface area contributed by atoms with Gasteiger partial charge in [0.2, 0.25) is 5.91 Å². The molecular weight excluding hydrogens is 302 g/mol. The molecule has 0 unspecified atom stereocenters. The number of hydrogen-bond donors (Lipinski definition) is 1. The monoisotopic (exact) mass is 331 g/mol. The van der Waals surface area contributed by atoms with Gasteiger partial charge in [0.1, 0.15) is 0 Å². The van der Waals surface area contributed by atoms with E-state index in [0.29, 0.717) is 19.0 Å². The van der Waals surface area contributed by atoms with Crippen molar-refractivity contribution >= 4 is 11.9 Å². The summed E-state index contributed by atoms with van der Waals surface area (Å²) < 4.78 is 0. The average molecular weight is 331 g/mol. The van der Waals surface area contributed by atoms with Crippen LogP contribution >= 0.6 is 0 Å². The molecule has 132 valence electrons. The molecule has 1 aliphatic rings. The zero-order valence-electron chi connectivity index (χ0n) is 15.2. The van der Waals surface area contributed by atoms with Crippen molar-refractivity contribution in [3.8, 4) is 0 Å². The molecule has 0 bridgehead atoms. The first-order valence-corrected chi connectivity index (χ1v) is 8.68. The van der Waals surface area contributed by atoms with Gasteiger partial charge in [-0.25, -0.2) is 4.79 Å². The van der Waals surface area contributed by atoms with Gasteiger partial charge in [0.05, 0.1) is 0 Å². The maximum Gasteiger partial charge on any atom is 0.317 e. The van der Waals surface area contributed by atoms with Crippen LogP contribution in [0, 0.1) is 12.8 Å². The summed E-state index contributed by atoms with van der Waals surface area (Å²) in [4.78, 5) is 27.3. The standard InChI is InChI=1S/C19H29N3O2/c1-14-6-5-7-18(10-14)15(2)11-20-19(24)21(4)12-17-8-9-22(13-17)16(3)23/h5-7,10,15,17H,8-9,11-13H2,1-4H3,(H,20,24)/t15-,17-/m0/s1. The minimum atomic E-state index is -0.0456. The van der Waals surface area contributed by atoms with Crippen LogP contribution in [0.2, 0.25) is 0 Å². The summed E-state index contributed by atoms with van der Waals surface area (Å²) >= 11 is 0. The second-order valence-corrected chi connectivity index (χ2v) is 7.00. The topological polar surface area (TPSA) is 52.7 Å². The van der Waals surface area contributed by atoms with Crippen molar-refractivity contribution in [1.82, 2.24) is 15.1 Å². The third-order valence-electron chi connectivity index (χ3n) is 4.78. The van der Waals surface area contributed by atoms with E-state index in [4.69, 9.17) is 0 Å². The molecule has 3 amide bonds. The number of likely N-dealkylation sites (tertiary alicyclic amines) is 1. The lowest BCUT2D eigenvalue weighted by Gasteiger charge is -2.23. The van der Waals surface area contributed by atoms with E-state index in [1.807, 2.05) is 11.9 Å². The predicted octanol–water partition coefficient (Wildman–Crippen LogP) is 2.61. The maximum atomic E-state index is 12.3. The lowest BCUT2D eigenvalue weighted by atomic mass is 9.99.